The Morgan fingerprint density at radius 2 is 1.91 bits per heavy atom. The molecule has 2 aromatic carbocycles. The van der Waals surface area contributed by atoms with Gasteiger partial charge in [0.05, 0.1) is 29.5 Å². The molecule has 2 aliphatic heterocycles. The van der Waals surface area contributed by atoms with Gasteiger partial charge < -0.3 is 19.5 Å². The van der Waals surface area contributed by atoms with Crippen LogP contribution in [0.4, 0.5) is 4.79 Å². The van der Waals surface area contributed by atoms with Crippen LogP contribution in [-0.2, 0) is 24.8 Å². The fourth-order valence-electron chi connectivity index (χ4n) is 3.88. The summed E-state index contributed by atoms with van der Waals surface area (Å²) in [6.45, 7) is 4.31. The lowest BCUT2D eigenvalue weighted by Crippen LogP contribution is -2.28. The Hall–Kier alpha value is -3.19. The number of esters is 1. The van der Waals surface area contributed by atoms with Crippen LogP contribution < -0.4 is 5.32 Å². The van der Waals surface area contributed by atoms with E-state index in [1.165, 1.54) is 5.56 Å². The zero-order valence-electron chi connectivity index (χ0n) is 18.8. The lowest BCUT2D eigenvalue weighted by molar-refractivity contribution is -0.136. The fraction of sp³-hybridized carbons (Fsp3) is 0.308. The topological polar surface area (TPSA) is 73.9 Å². The van der Waals surface area contributed by atoms with Crippen molar-refractivity contribution >= 4 is 23.9 Å². The molecule has 7 heteroatoms. The van der Waals surface area contributed by atoms with Crippen molar-refractivity contribution in [1.29, 1.82) is 0 Å². The minimum atomic E-state index is -0.769. The average Bonchev–Trinajstić information content (AvgIpc) is 3.19. The molecule has 0 saturated carbocycles. The number of ether oxygens (including phenoxy) is 3. The molecule has 33 heavy (non-hydrogen) atoms. The summed E-state index contributed by atoms with van der Waals surface area (Å²) in [4.78, 5) is 26.2. The molecule has 0 saturated heterocycles. The third-order valence-corrected chi connectivity index (χ3v) is 6.69. The Morgan fingerprint density at radius 3 is 2.70 bits per heavy atom. The number of allylic oxidation sites excluding steroid dienone is 2. The maximum absolute atomic E-state index is 12.7. The molecule has 0 spiro atoms. The summed E-state index contributed by atoms with van der Waals surface area (Å²) in [6.07, 6.45) is 0.900. The lowest BCUT2D eigenvalue weighted by atomic mass is 9.85. The molecule has 0 amide bonds. The lowest BCUT2D eigenvalue weighted by Gasteiger charge is -2.28. The average molecular weight is 466 g/mol. The number of carbonyl (C=O) groups excluding carboxylic acids is 2. The molecular weight excluding hydrogens is 438 g/mol. The third-order valence-electron chi connectivity index (χ3n) is 5.53. The number of benzene rings is 2. The van der Waals surface area contributed by atoms with Gasteiger partial charge in [-0.05, 0) is 30.5 Å². The van der Waals surface area contributed by atoms with Crippen LogP contribution in [0.5, 0.6) is 0 Å². The highest BCUT2D eigenvalue weighted by molar-refractivity contribution is 7.98. The molecule has 1 N–H and O–H groups in total. The SMILES string of the molecule is CCCCOC(=O)OC1=C(C)NC2=C(C(=O)OC2)C1c1ccccc1SCc1ccccc1. The van der Waals surface area contributed by atoms with Crippen LogP contribution in [0.1, 0.15) is 43.7 Å². The molecular formula is C26H27NO5S. The van der Waals surface area contributed by atoms with E-state index in [0.29, 0.717) is 29.3 Å². The van der Waals surface area contributed by atoms with Crippen molar-refractivity contribution in [2.45, 2.75) is 43.3 Å². The van der Waals surface area contributed by atoms with E-state index in [0.717, 1.165) is 29.1 Å². The van der Waals surface area contributed by atoms with Gasteiger partial charge in [-0.25, -0.2) is 9.59 Å². The quantitative estimate of drug-likeness (QED) is 0.306. The summed E-state index contributed by atoms with van der Waals surface area (Å²) in [5.41, 5.74) is 3.93. The fourth-order valence-corrected chi connectivity index (χ4v) is 4.93. The van der Waals surface area contributed by atoms with E-state index in [1.807, 2.05) is 56.3 Å². The largest absolute Gasteiger partial charge is 0.513 e. The van der Waals surface area contributed by atoms with E-state index in [9.17, 15) is 9.59 Å². The van der Waals surface area contributed by atoms with Gasteiger partial charge in [0.25, 0.3) is 0 Å². The second-order valence-electron chi connectivity index (χ2n) is 7.88. The molecule has 2 aliphatic rings. The third kappa shape index (κ3) is 5.25. The van der Waals surface area contributed by atoms with Crippen molar-refractivity contribution in [3.8, 4) is 0 Å². The van der Waals surface area contributed by atoms with Crippen molar-refractivity contribution < 1.29 is 23.8 Å². The van der Waals surface area contributed by atoms with E-state index in [1.54, 1.807) is 11.8 Å². The highest BCUT2D eigenvalue weighted by Gasteiger charge is 2.41. The van der Waals surface area contributed by atoms with Crippen molar-refractivity contribution in [3.05, 3.63) is 88.5 Å². The predicted molar refractivity (Wildman–Crippen MR) is 126 cm³/mol. The maximum Gasteiger partial charge on any atom is 0.513 e. The van der Waals surface area contributed by atoms with Crippen molar-refractivity contribution in [2.75, 3.05) is 13.2 Å². The summed E-state index contributed by atoms with van der Waals surface area (Å²) in [6, 6.07) is 18.1. The molecule has 172 valence electrons. The second kappa shape index (κ2) is 10.6. The van der Waals surface area contributed by atoms with Gasteiger partial charge in [-0.15, -0.1) is 11.8 Å². The smallest absolute Gasteiger partial charge is 0.456 e. The molecule has 0 fully saturated rings. The number of rotatable bonds is 8. The Balaban J connectivity index is 1.66. The van der Waals surface area contributed by atoms with Gasteiger partial charge >= 0.3 is 12.1 Å². The van der Waals surface area contributed by atoms with Gasteiger partial charge in [-0.3, -0.25) is 0 Å². The van der Waals surface area contributed by atoms with Gasteiger partial charge in [0.2, 0.25) is 0 Å². The molecule has 4 rings (SSSR count). The van der Waals surface area contributed by atoms with Gasteiger partial charge in [0.15, 0.2) is 0 Å². The Bertz CT molecular complexity index is 1090. The summed E-state index contributed by atoms with van der Waals surface area (Å²) in [5.74, 6) is 0.173. The molecule has 0 aromatic heterocycles. The van der Waals surface area contributed by atoms with Crippen molar-refractivity contribution in [3.63, 3.8) is 0 Å². The summed E-state index contributed by atoms with van der Waals surface area (Å²) >= 11 is 1.68. The highest BCUT2D eigenvalue weighted by Crippen LogP contribution is 2.44. The van der Waals surface area contributed by atoms with Crippen molar-refractivity contribution in [1.82, 2.24) is 5.32 Å². The van der Waals surface area contributed by atoms with Crippen LogP contribution in [0.15, 0.2) is 82.2 Å². The molecule has 1 unspecified atom stereocenters. The first-order valence-electron chi connectivity index (χ1n) is 11.1. The minimum absolute atomic E-state index is 0.176. The summed E-state index contributed by atoms with van der Waals surface area (Å²) < 4.78 is 16.2. The zero-order chi connectivity index (χ0) is 23.2. The number of unbranched alkanes of at least 4 members (excludes halogenated alkanes) is 1. The number of hydrogen-bond acceptors (Lipinski definition) is 7. The first-order chi connectivity index (χ1) is 16.1. The number of thioether (sulfide) groups is 1. The van der Waals surface area contributed by atoms with Crippen LogP contribution in [-0.4, -0.2) is 25.3 Å². The summed E-state index contributed by atoms with van der Waals surface area (Å²) in [5, 5.41) is 3.18. The van der Waals surface area contributed by atoms with Gasteiger partial charge in [-0.1, -0.05) is 61.9 Å². The number of cyclic esters (lactones) is 1. The van der Waals surface area contributed by atoms with Gasteiger partial charge in [-0.2, -0.15) is 0 Å². The molecule has 1 atom stereocenters. The number of hydrogen-bond donors (Lipinski definition) is 1. The van der Waals surface area contributed by atoms with Crippen LogP contribution in [0.25, 0.3) is 0 Å². The predicted octanol–water partition coefficient (Wildman–Crippen LogP) is 5.66. The zero-order valence-corrected chi connectivity index (χ0v) is 19.6. The Kier molecular flexibility index (Phi) is 7.40. The maximum atomic E-state index is 12.7. The number of dihydropyridines is 1. The Morgan fingerprint density at radius 1 is 1.15 bits per heavy atom. The standard InChI is InChI=1S/C26H27NO5S/c1-3-4-14-30-26(29)32-24-17(2)27-20-15-31-25(28)23(20)22(24)19-12-8-9-13-21(19)33-16-18-10-6-5-7-11-18/h5-13,22,27H,3-4,14-16H2,1-2H3. The molecule has 0 aliphatic carbocycles. The van der Waals surface area contributed by atoms with E-state index in [-0.39, 0.29) is 6.61 Å². The van der Waals surface area contributed by atoms with Gasteiger partial charge in [0.1, 0.15) is 12.4 Å². The van der Waals surface area contributed by atoms with E-state index in [4.69, 9.17) is 14.2 Å². The monoisotopic (exact) mass is 465 g/mol. The van der Waals surface area contributed by atoms with E-state index >= 15 is 0 Å². The molecule has 0 radical (unpaired) electrons. The molecule has 6 nitrogen and oxygen atoms in total. The van der Waals surface area contributed by atoms with Crippen molar-refractivity contribution in [2.24, 2.45) is 0 Å². The number of carbonyl (C=O) groups is 2. The minimum Gasteiger partial charge on any atom is -0.456 e. The summed E-state index contributed by atoms with van der Waals surface area (Å²) in [7, 11) is 0. The van der Waals surface area contributed by atoms with Crippen LogP contribution in [0.3, 0.4) is 0 Å². The normalized spacial score (nSPS) is 17.4. The highest BCUT2D eigenvalue weighted by atomic mass is 32.2. The Labute approximate surface area is 198 Å². The second-order valence-corrected chi connectivity index (χ2v) is 8.90. The molecule has 0 bridgehead atoms. The van der Waals surface area contributed by atoms with Crippen LogP contribution in [0, 0.1) is 0 Å². The molecule has 2 heterocycles. The van der Waals surface area contributed by atoms with Crippen LogP contribution in [0.2, 0.25) is 0 Å². The first kappa shape index (κ1) is 23.0. The molecule has 2 aromatic rings. The van der Waals surface area contributed by atoms with E-state index < -0.39 is 18.0 Å². The first-order valence-corrected chi connectivity index (χ1v) is 12.0. The van der Waals surface area contributed by atoms with E-state index in [2.05, 4.69) is 17.4 Å². The number of nitrogens with one attached hydrogen (secondary N) is 1. The van der Waals surface area contributed by atoms with Crippen LogP contribution >= 0.6 is 11.8 Å². The van der Waals surface area contributed by atoms with Gasteiger partial charge in [0, 0.05) is 10.6 Å².